The molecule has 120 valence electrons. The fourth-order valence-corrected chi connectivity index (χ4v) is 2.11. The van der Waals surface area contributed by atoms with Crippen LogP contribution in [0, 0.1) is 17.0 Å². The first-order chi connectivity index (χ1) is 10.9. The normalized spacial score (nSPS) is 11.6. The largest absolute Gasteiger partial charge is 0.481 e. The minimum Gasteiger partial charge on any atom is -0.481 e. The van der Waals surface area contributed by atoms with Crippen LogP contribution in [0.3, 0.4) is 0 Å². The summed E-state index contributed by atoms with van der Waals surface area (Å²) in [6.07, 6.45) is -0.839. The van der Waals surface area contributed by atoms with Gasteiger partial charge in [-0.05, 0) is 43.7 Å². The van der Waals surface area contributed by atoms with Crippen LogP contribution in [-0.2, 0) is 4.79 Å². The minimum atomic E-state index is -0.839. The molecule has 0 aliphatic rings. The number of hydrogen-bond donors (Lipinski definition) is 1. The number of ether oxygens (including phenoxy) is 1. The van der Waals surface area contributed by atoms with Gasteiger partial charge in [0.05, 0.1) is 4.92 Å². The first-order valence-corrected chi connectivity index (χ1v) is 7.23. The van der Waals surface area contributed by atoms with Crippen LogP contribution >= 0.6 is 11.6 Å². The molecule has 0 spiro atoms. The summed E-state index contributed by atoms with van der Waals surface area (Å²) in [5.74, 6) is -0.0458. The third kappa shape index (κ3) is 4.43. The van der Waals surface area contributed by atoms with E-state index in [0.717, 1.165) is 5.56 Å². The lowest BCUT2D eigenvalue weighted by Gasteiger charge is -2.15. The van der Waals surface area contributed by atoms with Crippen LogP contribution in [0.25, 0.3) is 0 Å². The van der Waals surface area contributed by atoms with Crippen LogP contribution in [0.4, 0.5) is 11.4 Å². The van der Waals surface area contributed by atoms with Crippen molar-refractivity contribution in [1.82, 2.24) is 0 Å². The number of amides is 1. The zero-order valence-electron chi connectivity index (χ0n) is 12.6. The van der Waals surface area contributed by atoms with Crippen LogP contribution in [0.15, 0.2) is 42.5 Å². The van der Waals surface area contributed by atoms with E-state index in [4.69, 9.17) is 16.3 Å². The molecule has 23 heavy (non-hydrogen) atoms. The van der Waals surface area contributed by atoms with Crippen LogP contribution in [0.1, 0.15) is 12.5 Å². The summed E-state index contributed by atoms with van der Waals surface area (Å²) < 4.78 is 5.49. The van der Waals surface area contributed by atoms with Gasteiger partial charge in [-0.1, -0.05) is 23.7 Å². The third-order valence-electron chi connectivity index (χ3n) is 3.09. The Kier molecular flexibility index (Phi) is 5.18. The van der Waals surface area contributed by atoms with Crippen molar-refractivity contribution < 1.29 is 14.5 Å². The highest BCUT2D eigenvalue weighted by atomic mass is 35.5. The maximum Gasteiger partial charge on any atom is 0.293 e. The number of carbonyl (C=O) groups excluding carboxylic acids is 1. The first-order valence-electron chi connectivity index (χ1n) is 6.85. The number of nitro groups is 1. The van der Waals surface area contributed by atoms with Crippen molar-refractivity contribution in [3.05, 3.63) is 63.2 Å². The lowest BCUT2D eigenvalue weighted by atomic mass is 10.2. The fourth-order valence-electron chi connectivity index (χ4n) is 1.93. The number of carbonyl (C=O) groups is 1. The average molecular weight is 335 g/mol. The first kappa shape index (κ1) is 16.8. The van der Waals surface area contributed by atoms with E-state index in [9.17, 15) is 14.9 Å². The van der Waals surface area contributed by atoms with Crippen molar-refractivity contribution in [1.29, 1.82) is 0 Å². The van der Waals surface area contributed by atoms with Gasteiger partial charge in [-0.15, -0.1) is 0 Å². The molecule has 1 atom stereocenters. The van der Waals surface area contributed by atoms with Crippen molar-refractivity contribution in [3.63, 3.8) is 0 Å². The van der Waals surface area contributed by atoms with Crippen molar-refractivity contribution in [3.8, 4) is 5.75 Å². The molecule has 0 aromatic heterocycles. The maximum atomic E-state index is 12.2. The molecule has 1 unspecified atom stereocenters. The van der Waals surface area contributed by atoms with E-state index in [0.29, 0.717) is 10.8 Å². The highest BCUT2D eigenvalue weighted by Gasteiger charge is 2.20. The summed E-state index contributed by atoms with van der Waals surface area (Å²) in [6.45, 7) is 3.29. The molecule has 1 N–H and O–H groups in total. The van der Waals surface area contributed by atoms with Crippen LogP contribution < -0.4 is 10.1 Å². The molecule has 0 radical (unpaired) electrons. The Balaban J connectivity index is 2.11. The van der Waals surface area contributed by atoms with E-state index in [1.165, 1.54) is 12.1 Å². The van der Waals surface area contributed by atoms with E-state index in [1.54, 1.807) is 44.2 Å². The maximum absolute atomic E-state index is 12.2. The number of nitrogens with zero attached hydrogens (tertiary/aromatic N) is 1. The minimum absolute atomic E-state index is 0.132. The smallest absolute Gasteiger partial charge is 0.293 e. The monoisotopic (exact) mass is 334 g/mol. The van der Waals surface area contributed by atoms with Gasteiger partial charge in [0.25, 0.3) is 11.6 Å². The number of aryl methyl sites for hydroxylation is 1. The van der Waals surface area contributed by atoms with E-state index in [-0.39, 0.29) is 11.4 Å². The third-order valence-corrected chi connectivity index (χ3v) is 3.32. The molecule has 2 aromatic rings. The van der Waals surface area contributed by atoms with E-state index in [1.807, 2.05) is 0 Å². The zero-order chi connectivity index (χ0) is 17.0. The number of rotatable bonds is 5. The molecule has 1 amide bonds. The summed E-state index contributed by atoms with van der Waals surface area (Å²) in [6, 6.07) is 11.2. The van der Waals surface area contributed by atoms with Crippen molar-refractivity contribution in [2.24, 2.45) is 0 Å². The Bertz CT molecular complexity index is 749. The van der Waals surface area contributed by atoms with Gasteiger partial charge >= 0.3 is 0 Å². The van der Waals surface area contributed by atoms with Gasteiger partial charge in [0.1, 0.15) is 11.4 Å². The topological polar surface area (TPSA) is 81.5 Å². The van der Waals surface area contributed by atoms with Crippen LogP contribution in [0.2, 0.25) is 5.02 Å². The van der Waals surface area contributed by atoms with Gasteiger partial charge in [-0.2, -0.15) is 0 Å². The lowest BCUT2D eigenvalue weighted by molar-refractivity contribution is -0.384. The molecule has 0 aliphatic carbocycles. The Labute approximate surface area is 138 Å². The second kappa shape index (κ2) is 7.11. The Morgan fingerprint density at radius 2 is 2.04 bits per heavy atom. The van der Waals surface area contributed by atoms with Crippen molar-refractivity contribution in [2.45, 2.75) is 20.0 Å². The quantitative estimate of drug-likeness (QED) is 0.662. The number of benzene rings is 2. The van der Waals surface area contributed by atoms with E-state index >= 15 is 0 Å². The standard InChI is InChI=1S/C16H15ClN2O4/c1-10-6-7-14(15(8-10)19(21)22)18-16(20)11(2)23-13-5-3-4-12(17)9-13/h3-9,11H,1-2H3,(H,18,20). The number of halogens is 1. The second-order valence-electron chi connectivity index (χ2n) is 4.98. The fraction of sp³-hybridized carbons (Fsp3) is 0.188. The summed E-state index contributed by atoms with van der Waals surface area (Å²) in [5.41, 5.74) is 0.707. The van der Waals surface area contributed by atoms with Gasteiger partial charge in [0.2, 0.25) is 0 Å². The summed E-state index contributed by atoms with van der Waals surface area (Å²) in [4.78, 5) is 22.7. The molecule has 7 heteroatoms. The second-order valence-corrected chi connectivity index (χ2v) is 5.42. The lowest BCUT2D eigenvalue weighted by Crippen LogP contribution is -2.30. The molecular weight excluding hydrogens is 320 g/mol. The van der Waals surface area contributed by atoms with E-state index < -0.39 is 16.9 Å². The molecule has 0 aliphatic heterocycles. The van der Waals surface area contributed by atoms with Crippen LogP contribution in [0.5, 0.6) is 5.75 Å². The van der Waals surface area contributed by atoms with Gasteiger partial charge in [0, 0.05) is 11.1 Å². The predicted octanol–water partition coefficient (Wildman–Crippen LogP) is 3.96. The Hall–Kier alpha value is -2.60. The molecule has 0 bridgehead atoms. The van der Waals surface area contributed by atoms with Crippen molar-refractivity contribution in [2.75, 3.05) is 5.32 Å². The molecule has 0 heterocycles. The molecule has 2 aromatic carbocycles. The van der Waals surface area contributed by atoms with Gasteiger partial charge in [0.15, 0.2) is 6.10 Å². The number of anilines is 1. The Morgan fingerprint density at radius 3 is 2.70 bits per heavy atom. The van der Waals surface area contributed by atoms with E-state index in [2.05, 4.69) is 5.32 Å². The Morgan fingerprint density at radius 1 is 1.30 bits per heavy atom. The molecule has 6 nitrogen and oxygen atoms in total. The van der Waals surface area contributed by atoms with Gasteiger partial charge < -0.3 is 10.1 Å². The molecular formula is C16H15ClN2O4. The predicted molar refractivity (Wildman–Crippen MR) is 88.0 cm³/mol. The highest BCUT2D eigenvalue weighted by Crippen LogP contribution is 2.26. The molecule has 0 saturated carbocycles. The highest BCUT2D eigenvalue weighted by molar-refractivity contribution is 6.30. The van der Waals surface area contributed by atoms with Crippen molar-refractivity contribution >= 4 is 28.9 Å². The number of hydrogen-bond acceptors (Lipinski definition) is 4. The average Bonchev–Trinajstić information content (AvgIpc) is 2.48. The number of nitro benzene ring substituents is 1. The number of nitrogens with one attached hydrogen (secondary N) is 1. The summed E-state index contributed by atoms with van der Waals surface area (Å²) in [5, 5.41) is 14.1. The van der Waals surface area contributed by atoms with Gasteiger partial charge in [-0.25, -0.2) is 0 Å². The van der Waals surface area contributed by atoms with Gasteiger partial charge in [-0.3, -0.25) is 14.9 Å². The molecule has 0 fully saturated rings. The SMILES string of the molecule is Cc1ccc(NC(=O)C(C)Oc2cccc(Cl)c2)c([N+](=O)[O-])c1. The van der Waals surface area contributed by atoms with Crippen LogP contribution in [-0.4, -0.2) is 16.9 Å². The summed E-state index contributed by atoms with van der Waals surface area (Å²) in [7, 11) is 0. The molecule has 2 rings (SSSR count). The summed E-state index contributed by atoms with van der Waals surface area (Å²) >= 11 is 5.85. The zero-order valence-corrected chi connectivity index (χ0v) is 13.3. The molecule has 0 saturated heterocycles.